The maximum absolute atomic E-state index is 12.4. The van der Waals surface area contributed by atoms with Gasteiger partial charge in [-0.2, -0.15) is 0 Å². The average molecular weight is 848 g/mol. The van der Waals surface area contributed by atoms with E-state index in [1.807, 2.05) is 0 Å². The van der Waals surface area contributed by atoms with Gasteiger partial charge in [-0.3, -0.25) is 9.59 Å². The fourth-order valence-electron chi connectivity index (χ4n) is 8.40. The second-order valence-electron chi connectivity index (χ2n) is 18.6. The van der Waals surface area contributed by atoms with Crippen molar-refractivity contribution in [1.29, 1.82) is 0 Å². The van der Waals surface area contributed by atoms with Gasteiger partial charge < -0.3 is 20.3 Å². The Labute approximate surface area is 374 Å². The fraction of sp³-hybridized carbons (Fsp3) is 0.926. The molecule has 0 aromatic carbocycles. The molecule has 0 aromatic rings. The lowest BCUT2D eigenvalue weighted by molar-refractivity contribution is -0.143. The minimum absolute atomic E-state index is 0.0118. The normalized spacial score (nSPS) is 12.7. The number of rotatable bonds is 50. The van der Waals surface area contributed by atoms with Crippen molar-refractivity contribution in [3.05, 3.63) is 12.2 Å². The maximum atomic E-state index is 12.4. The van der Waals surface area contributed by atoms with Gasteiger partial charge >= 0.3 is 5.97 Å². The van der Waals surface area contributed by atoms with Crippen LogP contribution in [0.5, 0.6) is 0 Å². The van der Waals surface area contributed by atoms with Crippen molar-refractivity contribution in [1.82, 2.24) is 5.32 Å². The zero-order valence-corrected chi connectivity index (χ0v) is 40.5. The number of hydrogen-bond acceptors (Lipinski definition) is 5. The average Bonchev–Trinajstić information content (AvgIpc) is 3.25. The van der Waals surface area contributed by atoms with E-state index in [2.05, 4.69) is 31.3 Å². The zero-order chi connectivity index (χ0) is 43.7. The highest BCUT2D eigenvalue weighted by Gasteiger charge is 2.20. The summed E-state index contributed by atoms with van der Waals surface area (Å²) < 4.78 is 5.47. The highest BCUT2D eigenvalue weighted by Crippen LogP contribution is 2.17. The number of hydrogen-bond donors (Lipinski definition) is 3. The number of carbonyl (C=O) groups is 2. The van der Waals surface area contributed by atoms with Gasteiger partial charge in [0.1, 0.15) is 0 Å². The van der Waals surface area contributed by atoms with Crippen LogP contribution in [0.2, 0.25) is 0 Å². The highest BCUT2D eigenvalue weighted by atomic mass is 16.5. The van der Waals surface area contributed by atoms with Crippen molar-refractivity contribution in [2.75, 3.05) is 13.2 Å². The predicted octanol–water partition coefficient (Wildman–Crippen LogP) is 16.1. The van der Waals surface area contributed by atoms with E-state index in [-0.39, 0.29) is 18.5 Å². The molecule has 3 N–H and O–H groups in total. The monoisotopic (exact) mass is 848 g/mol. The van der Waals surface area contributed by atoms with Gasteiger partial charge in [0.15, 0.2) is 0 Å². The molecular formula is C54H105NO5. The summed E-state index contributed by atoms with van der Waals surface area (Å²) >= 11 is 0. The largest absolute Gasteiger partial charge is 0.466 e. The zero-order valence-electron chi connectivity index (χ0n) is 40.5. The van der Waals surface area contributed by atoms with Crippen LogP contribution in [-0.4, -0.2) is 47.4 Å². The molecule has 2 unspecified atom stereocenters. The predicted molar refractivity (Wildman–Crippen MR) is 260 cm³/mol. The summed E-state index contributed by atoms with van der Waals surface area (Å²) in [4.78, 5) is 24.5. The van der Waals surface area contributed by atoms with Crippen LogP contribution < -0.4 is 5.32 Å². The van der Waals surface area contributed by atoms with E-state index in [4.69, 9.17) is 4.74 Å². The van der Waals surface area contributed by atoms with E-state index in [1.54, 1.807) is 0 Å². The Bertz CT molecular complexity index is 893. The maximum Gasteiger partial charge on any atom is 0.305 e. The Kier molecular flexibility index (Phi) is 49.1. The molecule has 1 amide bonds. The molecule has 0 saturated heterocycles. The lowest BCUT2D eigenvalue weighted by Gasteiger charge is -2.22. The first-order valence-electron chi connectivity index (χ1n) is 26.9. The number of aliphatic hydroxyl groups is 2. The van der Waals surface area contributed by atoms with Gasteiger partial charge in [-0.1, -0.05) is 244 Å². The van der Waals surface area contributed by atoms with Crippen molar-refractivity contribution >= 4 is 11.9 Å². The summed E-state index contributed by atoms with van der Waals surface area (Å²) in [7, 11) is 0. The Hall–Kier alpha value is -1.40. The van der Waals surface area contributed by atoms with Crippen LogP contribution in [0.1, 0.15) is 296 Å². The lowest BCUT2D eigenvalue weighted by Crippen LogP contribution is -2.45. The molecule has 0 aliphatic rings. The first kappa shape index (κ1) is 58.6. The standard InChI is InChI=1S/C54H105NO5/c1-3-5-7-9-11-13-15-17-18-19-20-21-23-28-32-36-40-44-48-54(59)60-49-45-41-37-33-29-25-24-27-31-35-39-43-47-53(58)55-51(50-56)52(57)46-42-38-34-30-26-22-16-14-12-10-8-6-4-2/h18-19,51-52,56-57H,3-17,20-50H2,1-2H3,(H,55,58)/b19-18-. The van der Waals surface area contributed by atoms with Crippen LogP contribution in [0.3, 0.4) is 0 Å². The van der Waals surface area contributed by atoms with E-state index in [0.29, 0.717) is 25.9 Å². The Morgan fingerprint density at radius 2 is 0.783 bits per heavy atom. The summed E-state index contributed by atoms with van der Waals surface area (Å²) in [5, 5.41) is 23.2. The van der Waals surface area contributed by atoms with Gasteiger partial charge in [-0.25, -0.2) is 0 Å². The molecule has 6 heteroatoms. The SMILES string of the molecule is CCCCCCCCC/C=C\CCCCCCCCCC(=O)OCCCCCCCCCCCCCCC(=O)NC(CO)C(O)CCCCCCCCCCCCCCC. The molecule has 2 atom stereocenters. The third-order valence-electron chi connectivity index (χ3n) is 12.6. The number of esters is 1. The van der Waals surface area contributed by atoms with Crippen molar-refractivity contribution in [3.8, 4) is 0 Å². The molecule has 0 aliphatic heterocycles. The second kappa shape index (κ2) is 50.2. The van der Waals surface area contributed by atoms with Gasteiger partial charge in [0, 0.05) is 12.8 Å². The third kappa shape index (κ3) is 46.1. The molecule has 0 rings (SSSR count). The minimum Gasteiger partial charge on any atom is -0.466 e. The number of aliphatic hydroxyl groups excluding tert-OH is 2. The molecule has 356 valence electrons. The van der Waals surface area contributed by atoms with Crippen molar-refractivity contribution < 1.29 is 24.5 Å². The van der Waals surface area contributed by atoms with Crippen LogP contribution >= 0.6 is 0 Å². The fourth-order valence-corrected chi connectivity index (χ4v) is 8.40. The number of carbonyl (C=O) groups excluding carboxylic acids is 2. The quantitative estimate of drug-likeness (QED) is 0.0322. The van der Waals surface area contributed by atoms with Crippen molar-refractivity contribution in [2.24, 2.45) is 0 Å². The summed E-state index contributed by atoms with van der Waals surface area (Å²) in [6.45, 7) is 4.92. The molecule has 0 spiro atoms. The van der Waals surface area contributed by atoms with Gasteiger partial charge in [-0.05, 0) is 51.4 Å². The summed E-state index contributed by atoms with van der Waals surface area (Å²) in [5.41, 5.74) is 0. The number of unbranched alkanes of at least 4 members (excludes halogenated alkanes) is 37. The van der Waals surface area contributed by atoms with Crippen LogP contribution in [0.15, 0.2) is 12.2 Å². The summed E-state index contributed by atoms with van der Waals surface area (Å²) in [6, 6.07) is -0.552. The highest BCUT2D eigenvalue weighted by molar-refractivity contribution is 5.76. The van der Waals surface area contributed by atoms with E-state index in [0.717, 1.165) is 57.8 Å². The molecule has 0 saturated carbocycles. The molecule has 0 heterocycles. The molecule has 0 aliphatic carbocycles. The summed E-state index contributed by atoms with van der Waals surface area (Å²) in [5.74, 6) is -0.0617. The van der Waals surface area contributed by atoms with Crippen molar-refractivity contribution in [3.63, 3.8) is 0 Å². The topological polar surface area (TPSA) is 95.9 Å². The van der Waals surface area contributed by atoms with Gasteiger partial charge in [0.2, 0.25) is 5.91 Å². The van der Waals surface area contributed by atoms with E-state index in [9.17, 15) is 19.8 Å². The van der Waals surface area contributed by atoms with Gasteiger partial charge in [0.25, 0.3) is 0 Å². The number of amides is 1. The van der Waals surface area contributed by atoms with Crippen LogP contribution in [0, 0.1) is 0 Å². The molecule has 0 fully saturated rings. The lowest BCUT2D eigenvalue weighted by atomic mass is 10.0. The number of ether oxygens (including phenoxy) is 1. The van der Waals surface area contributed by atoms with Crippen LogP contribution in [0.25, 0.3) is 0 Å². The minimum atomic E-state index is -0.673. The Balaban J connectivity index is 3.43. The summed E-state index contributed by atoms with van der Waals surface area (Å²) in [6.07, 6.45) is 57.5. The third-order valence-corrected chi connectivity index (χ3v) is 12.6. The van der Waals surface area contributed by atoms with Crippen LogP contribution in [-0.2, 0) is 14.3 Å². The number of nitrogens with one attached hydrogen (secondary N) is 1. The van der Waals surface area contributed by atoms with Gasteiger partial charge in [-0.15, -0.1) is 0 Å². The molecule has 0 aromatic heterocycles. The smallest absolute Gasteiger partial charge is 0.305 e. The molecule has 0 radical (unpaired) electrons. The molecule has 60 heavy (non-hydrogen) atoms. The Morgan fingerprint density at radius 1 is 0.450 bits per heavy atom. The van der Waals surface area contributed by atoms with Gasteiger partial charge in [0.05, 0.1) is 25.4 Å². The Morgan fingerprint density at radius 3 is 1.18 bits per heavy atom. The van der Waals surface area contributed by atoms with E-state index >= 15 is 0 Å². The first-order chi connectivity index (χ1) is 29.5. The van der Waals surface area contributed by atoms with E-state index < -0.39 is 12.1 Å². The molecule has 0 bridgehead atoms. The first-order valence-corrected chi connectivity index (χ1v) is 26.9. The van der Waals surface area contributed by atoms with Crippen molar-refractivity contribution in [2.45, 2.75) is 309 Å². The molecular weight excluding hydrogens is 743 g/mol. The number of allylic oxidation sites excluding steroid dienone is 2. The van der Waals surface area contributed by atoms with Crippen LogP contribution in [0.4, 0.5) is 0 Å². The molecule has 6 nitrogen and oxygen atoms in total. The second-order valence-corrected chi connectivity index (χ2v) is 18.6. The van der Waals surface area contributed by atoms with E-state index in [1.165, 1.54) is 205 Å².